The molecule has 1 rings (SSSR count). The minimum Gasteiger partial charge on any atom is -0.508 e. The standard InChI is InChI=1S/C10H13NO/c1-2-3-10(11)8-4-6-9(12)7-5-8/h2,4-7,10,12H,1,3,11H2/t10-/m1/s1. The van der Waals surface area contributed by atoms with Crippen molar-refractivity contribution in [3.63, 3.8) is 0 Å². The molecule has 0 aliphatic heterocycles. The summed E-state index contributed by atoms with van der Waals surface area (Å²) in [4.78, 5) is 0. The highest BCUT2D eigenvalue weighted by molar-refractivity contribution is 5.27. The number of hydrogen-bond acceptors (Lipinski definition) is 2. The van der Waals surface area contributed by atoms with Crippen molar-refractivity contribution in [2.75, 3.05) is 0 Å². The lowest BCUT2D eigenvalue weighted by molar-refractivity contribution is 0.475. The van der Waals surface area contributed by atoms with Gasteiger partial charge in [-0.15, -0.1) is 6.58 Å². The predicted molar refractivity (Wildman–Crippen MR) is 49.8 cm³/mol. The van der Waals surface area contributed by atoms with Crippen LogP contribution in [0.3, 0.4) is 0 Å². The fourth-order valence-electron chi connectivity index (χ4n) is 1.04. The molecule has 0 amide bonds. The van der Waals surface area contributed by atoms with Crippen molar-refractivity contribution in [3.05, 3.63) is 42.5 Å². The minimum absolute atomic E-state index is 0.0110. The minimum atomic E-state index is -0.0110. The van der Waals surface area contributed by atoms with E-state index in [1.807, 2.05) is 12.1 Å². The second kappa shape index (κ2) is 3.93. The van der Waals surface area contributed by atoms with Crippen molar-refractivity contribution in [2.24, 2.45) is 5.73 Å². The van der Waals surface area contributed by atoms with Crippen LogP contribution < -0.4 is 5.73 Å². The molecule has 1 aromatic carbocycles. The van der Waals surface area contributed by atoms with Crippen LogP contribution in [0.1, 0.15) is 18.0 Å². The first kappa shape index (κ1) is 8.81. The van der Waals surface area contributed by atoms with Gasteiger partial charge in [-0.2, -0.15) is 0 Å². The summed E-state index contributed by atoms with van der Waals surface area (Å²) >= 11 is 0. The Labute approximate surface area is 72.3 Å². The Kier molecular flexibility index (Phi) is 2.88. The van der Waals surface area contributed by atoms with Crippen LogP contribution in [0.25, 0.3) is 0 Å². The molecule has 0 heterocycles. The van der Waals surface area contributed by atoms with E-state index in [1.165, 1.54) is 0 Å². The Hall–Kier alpha value is -1.28. The molecule has 0 unspecified atom stereocenters. The molecule has 0 spiro atoms. The van der Waals surface area contributed by atoms with Gasteiger partial charge in [0.15, 0.2) is 0 Å². The smallest absolute Gasteiger partial charge is 0.115 e. The molecule has 2 nitrogen and oxygen atoms in total. The van der Waals surface area contributed by atoms with Gasteiger partial charge in [0.25, 0.3) is 0 Å². The molecule has 1 atom stereocenters. The molecule has 0 aromatic heterocycles. The Morgan fingerprint density at radius 3 is 2.50 bits per heavy atom. The molecule has 0 saturated carbocycles. The quantitative estimate of drug-likeness (QED) is 0.669. The Morgan fingerprint density at radius 2 is 2.00 bits per heavy atom. The van der Waals surface area contributed by atoms with Crippen LogP contribution in [0.4, 0.5) is 0 Å². The van der Waals surface area contributed by atoms with Crippen LogP contribution in [0, 0.1) is 0 Å². The first-order valence-electron chi connectivity index (χ1n) is 3.89. The maximum absolute atomic E-state index is 9.01. The Balaban J connectivity index is 2.74. The molecule has 64 valence electrons. The van der Waals surface area contributed by atoms with E-state index in [-0.39, 0.29) is 11.8 Å². The van der Waals surface area contributed by atoms with Crippen LogP contribution in [0.15, 0.2) is 36.9 Å². The normalized spacial score (nSPS) is 12.4. The molecular weight excluding hydrogens is 150 g/mol. The summed E-state index contributed by atoms with van der Waals surface area (Å²) in [6.07, 6.45) is 2.54. The number of hydrogen-bond donors (Lipinski definition) is 2. The fraction of sp³-hybridized carbons (Fsp3) is 0.200. The van der Waals surface area contributed by atoms with Crippen molar-refractivity contribution >= 4 is 0 Å². The Morgan fingerprint density at radius 1 is 1.42 bits per heavy atom. The van der Waals surface area contributed by atoms with E-state index < -0.39 is 0 Å². The number of aromatic hydroxyl groups is 1. The van der Waals surface area contributed by atoms with Crippen molar-refractivity contribution in [1.82, 2.24) is 0 Å². The molecule has 2 heteroatoms. The summed E-state index contributed by atoms with van der Waals surface area (Å²) in [5, 5.41) is 9.01. The molecule has 0 aliphatic carbocycles. The fourth-order valence-corrected chi connectivity index (χ4v) is 1.04. The number of nitrogens with two attached hydrogens (primary N) is 1. The third kappa shape index (κ3) is 2.10. The first-order valence-corrected chi connectivity index (χ1v) is 3.89. The van der Waals surface area contributed by atoms with Gasteiger partial charge in [0.2, 0.25) is 0 Å². The lowest BCUT2D eigenvalue weighted by Crippen LogP contribution is -2.08. The summed E-state index contributed by atoms with van der Waals surface area (Å²) in [6.45, 7) is 3.61. The van der Waals surface area contributed by atoms with Gasteiger partial charge in [-0.05, 0) is 24.1 Å². The van der Waals surface area contributed by atoms with Crippen LogP contribution in [0.5, 0.6) is 5.75 Å². The molecule has 3 N–H and O–H groups in total. The first-order chi connectivity index (χ1) is 5.74. The molecule has 0 bridgehead atoms. The van der Waals surface area contributed by atoms with Crippen LogP contribution in [-0.2, 0) is 0 Å². The lowest BCUT2D eigenvalue weighted by atomic mass is 10.1. The second-order valence-corrected chi connectivity index (χ2v) is 2.72. The van der Waals surface area contributed by atoms with Gasteiger partial charge in [-0.25, -0.2) is 0 Å². The molecule has 0 saturated heterocycles. The van der Waals surface area contributed by atoms with Crippen LogP contribution in [-0.4, -0.2) is 5.11 Å². The molecule has 0 radical (unpaired) electrons. The lowest BCUT2D eigenvalue weighted by Gasteiger charge is -2.08. The van der Waals surface area contributed by atoms with E-state index in [0.717, 1.165) is 12.0 Å². The van der Waals surface area contributed by atoms with Crippen LogP contribution >= 0.6 is 0 Å². The van der Waals surface area contributed by atoms with Gasteiger partial charge in [0.05, 0.1) is 0 Å². The van der Waals surface area contributed by atoms with Crippen LogP contribution in [0.2, 0.25) is 0 Å². The van der Waals surface area contributed by atoms with Gasteiger partial charge < -0.3 is 10.8 Å². The SMILES string of the molecule is C=CC[C@@H](N)c1ccc(O)cc1. The van der Waals surface area contributed by atoms with E-state index >= 15 is 0 Å². The van der Waals surface area contributed by atoms with Crippen molar-refractivity contribution < 1.29 is 5.11 Å². The molecule has 1 aromatic rings. The van der Waals surface area contributed by atoms with Gasteiger partial charge in [-0.3, -0.25) is 0 Å². The molecule has 0 fully saturated rings. The zero-order chi connectivity index (χ0) is 8.97. The topological polar surface area (TPSA) is 46.2 Å². The maximum Gasteiger partial charge on any atom is 0.115 e. The average Bonchev–Trinajstić information content (AvgIpc) is 2.06. The van der Waals surface area contributed by atoms with Crippen molar-refractivity contribution in [3.8, 4) is 5.75 Å². The summed E-state index contributed by atoms with van der Waals surface area (Å²) in [5.74, 6) is 0.268. The van der Waals surface area contributed by atoms with Gasteiger partial charge in [0.1, 0.15) is 5.75 Å². The maximum atomic E-state index is 9.01. The predicted octanol–water partition coefficient (Wildman–Crippen LogP) is 1.97. The van der Waals surface area contributed by atoms with Gasteiger partial charge >= 0.3 is 0 Å². The van der Waals surface area contributed by atoms with E-state index in [4.69, 9.17) is 10.8 Å². The highest BCUT2D eigenvalue weighted by Crippen LogP contribution is 2.17. The highest BCUT2D eigenvalue weighted by Gasteiger charge is 2.02. The van der Waals surface area contributed by atoms with E-state index in [0.29, 0.717) is 0 Å². The highest BCUT2D eigenvalue weighted by atomic mass is 16.3. The summed E-state index contributed by atoms with van der Waals surface area (Å²) in [6, 6.07) is 6.91. The number of phenolic OH excluding ortho intramolecular Hbond substituents is 1. The Bertz CT molecular complexity index is 253. The van der Waals surface area contributed by atoms with E-state index in [2.05, 4.69) is 6.58 Å². The number of rotatable bonds is 3. The average molecular weight is 163 g/mol. The van der Waals surface area contributed by atoms with Crippen molar-refractivity contribution in [1.29, 1.82) is 0 Å². The zero-order valence-corrected chi connectivity index (χ0v) is 6.90. The molecule has 0 aliphatic rings. The van der Waals surface area contributed by atoms with E-state index in [9.17, 15) is 0 Å². The van der Waals surface area contributed by atoms with E-state index in [1.54, 1.807) is 18.2 Å². The van der Waals surface area contributed by atoms with Gasteiger partial charge in [-0.1, -0.05) is 18.2 Å². The zero-order valence-electron chi connectivity index (χ0n) is 6.90. The van der Waals surface area contributed by atoms with Gasteiger partial charge in [0, 0.05) is 6.04 Å². The van der Waals surface area contributed by atoms with Crippen molar-refractivity contribution in [2.45, 2.75) is 12.5 Å². The summed E-state index contributed by atoms with van der Waals surface area (Å²) in [5.41, 5.74) is 6.82. The number of benzene rings is 1. The largest absolute Gasteiger partial charge is 0.508 e. The summed E-state index contributed by atoms with van der Waals surface area (Å²) in [7, 11) is 0. The second-order valence-electron chi connectivity index (χ2n) is 2.72. The third-order valence-electron chi connectivity index (χ3n) is 1.74. The number of phenols is 1. The monoisotopic (exact) mass is 163 g/mol. The summed E-state index contributed by atoms with van der Waals surface area (Å²) < 4.78 is 0. The molecular formula is C10H13NO. The third-order valence-corrected chi connectivity index (χ3v) is 1.74. The molecule has 12 heavy (non-hydrogen) atoms.